The molecule has 2 heterocycles. The second kappa shape index (κ2) is 7.56. The maximum Gasteiger partial charge on any atom is 0.255 e. The van der Waals surface area contributed by atoms with Crippen molar-refractivity contribution < 1.29 is 9.59 Å². The predicted octanol–water partition coefficient (Wildman–Crippen LogP) is 2.75. The fraction of sp³-hybridized carbons (Fsp3) is 0.350. The molecular weight excluding hydrogens is 328 g/mol. The lowest BCUT2D eigenvalue weighted by molar-refractivity contribution is -0.130. The molecule has 0 spiro atoms. The van der Waals surface area contributed by atoms with Gasteiger partial charge in [-0.1, -0.05) is 6.07 Å². The Morgan fingerprint density at radius 2 is 1.58 bits per heavy atom. The first kappa shape index (κ1) is 17.9. The summed E-state index contributed by atoms with van der Waals surface area (Å²) in [7, 11) is 0. The van der Waals surface area contributed by atoms with Crippen molar-refractivity contribution >= 4 is 23.3 Å². The van der Waals surface area contributed by atoms with Gasteiger partial charge < -0.3 is 15.1 Å². The third-order valence-corrected chi connectivity index (χ3v) is 4.52. The highest BCUT2D eigenvalue weighted by molar-refractivity contribution is 5.94. The molecule has 0 radical (unpaired) electrons. The number of aryl methyl sites for hydroxylation is 2. The largest absolute Gasteiger partial charge is 0.340 e. The molecule has 1 saturated heterocycles. The van der Waals surface area contributed by atoms with Gasteiger partial charge in [0.25, 0.3) is 5.91 Å². The number of aromatic nitrogens is 1. The van der Waals surface area contributed by atoms with Crippen LogP contribution in [0.25, 0.3) is 0 Å². The van der Waals surface area contributed by atoms with E-state index in [0.29, 0.717) is 37.6 Å². The molecule has 0 saturated carbocycles. The van der Waals surface area contributed by atoms with Crippen LogP contribution < -0.4 is 5.32 Å². The Balaban J connectivity index is 1.64. The van der Waals surface area contributed by atoms with Crippen molar-refractivity contribution in [2.24, 2.45) is 0 Å². The zero-order valence-corrected chi connectivity index (χ0v) is 15.5. The lowest BCUT2D eigenvalue weighted by Crippen LogP contribution is -2.50. The van der Waals surface area contributed by atoms with Crippen LogP contribution in [0.5, 0.6) is 0 Å². The number of hydrogen-bond acceptors (Lipinski definition) is 4. The number of nitrogens with zero attached hydrogens (tertiary/aromatic N) is 3. The van der Waals surface area contributed by atoms with Gasteiger partial charge in [0.05, 0.1) is 5.56 Å². The van der Waals surface area contributed by atoms with E-state index >= 15 is 0 Å². The first-order chi connectivity index (χ1) is 12.4. The summed E-state index contributed by atoms with van der Waals surface area (Å²) < 4.78 is 0. The van der Waals surface area contributed by atoms with E-state index in [4.69, 9.17) is 0 Å². The highest BCUT2D eigenvalue weighted by Crippen LogP contribution is 2.19. The molecule has 0 aliphatic carbocycles. The van der Waals surface area contributed by atoms with Crippen LogP contribution in [0.1, 0.15) is 28.4 Å². The molecule has 1 fully saturated rings. The molecule has 26 heavy (non-hydrogen) atoms. The second-order valence-corrected chi connectivity index (χ2v) is 6.73. The number of amides is 2. The molecular formula is C20H24N4O2. The van der Waals surface area contributed by atoms with Crippen LogP contribution >= 0.6 is 0 Å². The van der Waals surface area contributed by atoms with Crippen LogP contribution in [0, 0.1) is 13.8 Å². The van der Waals surface area contributed by atoms with Crippen LogP contribution in [0.4, 0.5) is 11.5 Å². The number of pyridine rings is 1. The maximum atomic E-state index is 12.6. The predicted molar refractivity (Wildman–Crippen MR) is 102 cm³/mol. The van der Waals surface area contributed by atoms with E-state index in [1.54, 1.807) is 29.0 Å². The molecule has 6 heteroatoms. The van der Waals surface area contributed by atoms with Gasteiger partial charge in [-0.2, -0.15) is 0 Å². The highest BCUT2D eigenvalue weighted by atomic mass is 16.2. The second-order valence-electron chi connectivity index (χ2n) is 6.73. The van der Waals surface area contributed by atoms with E-state index in [9.17, 15) is 9.59 Å². The summed E-state index contributed by atoms with van der Waals surface area (Å²) in [5.74, 6) is 0.715. The molecule has 0 bridgehead atoms. The Labute approximate surface area is 153 Å². The first-order valence-corrected chi connectivity index (χ1v) is 8.78. The van der Waals surface area contributed by atoms with E-state index in [-0.39, 0.29) is 11.8 Å². The van der Waals surface area contributed by atoms with Crippen molar-refractivity contribution in [2.75, 3.05) is 31.5 Å². The van der Waals surface area contributed by atoms with E-state index in [2.05, 4.69) is 42.3 Å². The number of piperazine rings is 1. The van der Waals surface area contributed by atoms with Crippen molar-refractivity contribution in [3.8, 4) is 0 Å². The van der Waals surface area contributed by atoms with Gasteiger partial charge in [0, 0.05) is 45.0 Å². The number of hydrogen-bond donors (Lipinski definition) is 1. The van der Waals surface area contributed by atoms with Crippen LogP contribution in [-0.2, 0) is 4.79 Å². The topological polar surface area (TPSA) is 65.5 Å². The minimum absolute atomic E-state index is 0.0429. The van der Waals surface area contributed by atoms with Gasteiger partial charge in [0.15, 0.2) is 0 Å². The number of benzene rings is 1. The Morgan fingerprint density at radius 1 is 0.962 bits per heavy atom. The molecule has 1 aromatic carbocycles. The third kappa shape index (κ3) is 4.20. The zero-order valence-electron chi connectivity index (χ0n) is 15.5. The summed E-state index contributed by atoms with van der Waals surface area (Å²) in [5, 5.41) is 3.27. The molecule has 1 N–H and O–H groups in total. The molecule has 1 aliphatic rings. The van der Waals surface area contributed by atoms with E-state index < -0.39 is 0 Å². The fourth-order valence-corrected chi connectivity index (χ4v) is 3.20. The van der Waals surface area contributed by atoms with Crippen molar-refractivity contribution in [2.45, 2.75) is 20.8 Å². The highest BCUT2D eigenvalue weighted by Gasteiger charge is 2.23. The van der Waals surface area contributed by atoms with Gasteiger partial charge in [0.1, 0.15) is 5.82 Å². The Bertz CT molecular complexity index is 789. The van der Waals surface area contributed by atoms with Crippen molar-refractivity contribution in [3.63, 3.8) is 0 Å². The summed E-state index contributed by atoms with van der Waals surface area (Å²) in [5.41, 5.74) is 3.91. The lowest BCUT2D eigenvalue weighted by Gasteiger charge is -2.34. The van der Waals surface area contributed by atoms with Crippen LogP contribution in [0.3, 0.4) is 0 Å². The first-order valence-electron chi connectivity index (χ1n) is 8.78. The fourth-order valence-electron chi connectivity index (χ4n) is 3.20. The Morgan fingerprint density at radius 3 is 2.12 bits per heavy atom. The van der Waals surface area contributed by atoms with Gasteiger partial charge in [-0.3, -0.25) is 9.59 Å². The number of rotatable bonds is 3. The number of carbonyl (C=O) groups is 2. The van der Waals surface area contributed by atoms with Crippen LogP contribution in [-0.4, -0.2) is 52.8 Å². The van der Waals surface area contributed by atoms with Gasteiger partial charge in [-0.25, -0.2) is 4.98 Å². The maximum absolute atomic E-state index is 12.6. The third-order valence-electron chi connectivity index (χ3n) is 4.52. The van der Waals surface area contributed by atoms with Crippen molar-refractivity contribution in [3.05, 3.63) is 53.2 Å². The summed E-state index contributed by atoms with van der Waals surface area (Å²) >= 11 is 0. The molecule has 2 aromatic rings. The zero-order chi connectivity index (χ0) is 18.7. The minimum Gasteiger partial charge on any atom is -0.340 e. The molecule has 0 atom stereocenters. The Kier molecular flexibility index (Phi) is 5.21. The summed E-state index contributed by atoms with van der Waals surface area (Å²) in [6.07, 6.45) is 1.60. The average Bonchev–Trinajstić information content (AvgIpc) is 2.61. The number of anilines is 2. The minimum atomic E-state index is -0.0429. The van der Waals surface area contributed by atoms with Gasteiger partial charge in [-0.15, -0.1) is 0 Å². The summed E-state index contributed by atoms with van der Waals surface area (Å²) in [6, 6.07) is 9.84. The Hall–Kier alpha value is -2.89. The van der Waals surface area contributed by atoms with E-state index in [1.165, 1.54) is 11.1 Å². The van der Waals surface area contributed by atoms with E-state index in [0.717, 1.165) is 5.69 Å². The SMILES string of the molecule is CC(=O)N1CCN(C(=O)c2ccc(Nc3cc(C)cc(C)c3)nc2)CC1. The van der Waals surface area contributed by atoms with Crippen molar-refractivity contribution in [1.82, 2.24) is 14.8 Å². The quantitative estimate of drug-likeness (QED) is 0.922. The number of carbonyl (C=O) groups excluding carboxylic acids is 2. The lowest BCUT2D eigenvalue weighted by atomic mass is 10.1. The van der Waals surface area contributed by atoms with Gasteiger partial charge >= 0.3 is 0 Å². The molecule has 3 rings (SSSR count). The average molecular weight is 352 g/mol. The van der Waals surface area contributed by atoms with Gasteiger partial charge in [-0.05, 0) is 49.2 Å². The smallest absolute Gasteiger partial charge is 0.255 e. The van der Waals surface area contributed by atoms with Crippen molar-refractivity contribution in [1.29, 1.82) is 0 Å². The molecule has 1 aliphatic heterocycles. The van der Waals surface area contributed by atoms with Gasteiger partial charge in [0.2, 0.25) is 5.91 Å². The monoisotopic (exact) mass is 352 g/mol. The van der Waals surface area contributed by atoms with Crippen LogP contribution in [0.15, 0.2) is 36.5 Å². The molecule has 1 aromatic heterocycles. The molecule has 136 valence electrons. The number of nitrogens with one attached hydrogen (secondary N) is 1. The molecule has 6 nitrogen and oxygen atoms in total. The normalized spacial score (nSPS) is 14.3. The van der Waals surface area contributed by atoms with E-state index in [1.807, 2.05) is 6.07 Å². The molecule has 2 amide bonds. The van der Waals surface area contributed by atoms with Crippen LogP contribution in [0.2, 0.25) is 0 Å². The summed E-state index contributed by atoms with van der Waals surface area (Å²) in [6.45, 7) is 7.95. The standard InChI is InChI=1S/C20H24N4O2/c1-14-10-15(2)12-18(11-14)22-19-5-4-17(13-21-19)20(26)24-8-6-23(7-9-24)16(3)25/h4-5,10-13H,6-9H2,1-3H3,(H,21,22). The molecule has 0 unspecified atom stereocenters. The summed E-state index contributed by atoms with van der Waals surface area (Å²) in [4.78, 5) is 31.9.